The number of hydrogen-bond donors (Lipinski definition) is 0. The largest absolute Gasteiger partial charge is 0.436 e. The number of benzene rings is 8. The van der Waals surface area contributed by atoms with Crippen molar-refractivity contribution in [2.24, 2.45) is 0 Å². The van der Waals surface area contributed by atoms with Gasteiger partial charge in [-0.25, -0.2) is 4.98 Å². The third kappa shape index (κ3) is 6.21. The normalized spacial score (nSPS) is 13.4. The molecule has 0 atom stereocenters. The van der Waals surface area contributed by atoms with Crippen molar-refractivity contribution in [3.05, 3.63) is 200 Å². The second-order valence-corrected chi connectivity index (χ2v) is 16.7. The lowest BCUT2D eigenvalue weighted by Crippen LogP contribution is -2.05. The van der Waals surface area contributed by atoms with Gasteiger partial charge in [-0.2, -0.15) is 0 Å². The van der Waals surface area contributed by atoms with Gasteiger partial charge in [-0.05, 0) is 106 Å². The van der Waals surface area contributed by atoms with Crippen LogP contribution in [0.2, 0.25) is 0 Å². The van der Waals surface area contributed by atoms with Crippen LogP contribution in [-0.2, 0) is 0 Å². The molecule has 0 N–H and O–H groups in total. The van der Waals surface area contributed by atoms with Gasteiger partial charge in [0.2, 0.25) is 5.89 Å². The van der Waals surface area contributed by atoms with Crippen molar-refractivity contribution in [3.63, 3.8) is 0 Å². The number of aromatic nitrogens is 3. The second-order valence-electron chi connectivity index (χ2n) is 16.7. The first-order valence-electron chi connectivity index (χ1n) is 21.9. The van der Waals surface area contributed by atoms with Crippen molar-refractivity contribution < 1.29 is 4.42 Å². The molecule has 1 fully saturated rings. The van der Waals surface area contributed by atoms with Crippen LogP contribution >= 0.6 is 0 Å². The number of fused-ring (bicyclic) bond motifs is 6. The molecule has 12 rings (SSSR count). The minimum Gasteiger partial charge on any atom is -0.436 e. The molecule has 4 nitrogen and oxygen atoms in total. The topological polar surface area (TPSA) is 43.9 Å². The summed E-state index contributed by atoms with van der Waals surface area (Å²) < 4.78 is 9.25. The number of para-hydroxylation sites is 2. The fourth-order valence-electron chi connectivity index (χ4n) is 10.1. The summed E-state index contributed by atoms with van der Waals surface area (Å²) in [6.07, 6.45) is 8.12. The SMILES string of the molecule is c1ccc(-c2ccc(-c3c(-c4cc(C5CCCCC5)ccc4-c4ccccc4)cc(-c4nc5c(ccc6cccnc65)o4)cc3-n3c4ccccc4c4ccccc43)cc2)cc1. The molecule has 1 aliphatic rings. The molecule has 0 unspecified atom stereocenters. The Bertz CT molecular complexity index is 3380. The summed E-state index contributed by atoms with van der Waals surface area (Å²) >= 11 is 0. The van der Waals surface area contributed by atoms with Gasteiger partial charge in [0.05, 0.1) is 22.2 Å². The lowest BCUT2D eigenvalue weighted by molar-refractivity contribution is 0.444. The molecule has 0 spiro atoms. The Morgan fingerprint density at radius 2 is 1.13 bits per heavy atom. The molecule has 1 aliphatic carbocycles. The molecule has 3 aromatic heterocycles. The summed E-state index contributed by atoms with van der Waals surface area (Å²) in [5.41, 5.74) is 17.4. The van der Waals surface area contributed by atoms with E-state index in [2.05, 4.69) is 180 Å². The molecule has 62 heavy (non-hydrogen) atoms. The van der Waals surface area contributed by atoms with Gasteiger partial charge in [0.25, 0.3) is 0 Å². The zero-order chi connectivity index (χ0) is 41.0. The molecule has 1 saturated carbocycles. The Hall–Kier alpha value is -7.56. The Morgan fingerprint density at radius 3 is 1.87 bits per heavy atom. The monoisotopic (exact) mass is 797 g/mol. The number of pyridine rings is 1. The maximum absolute atomic E-state index is 6.78. The highest BCUT2D eigenvalue weighted by Crippen LogP contribution is 2.48. The zero-order valence-corrected chi connectivity index (χ0v) is 34.3. The molecule has 0 aliphatic heterocycles. The molecule has 0 saturated heterocycles. The van der Waals surface area contributed by atoms with Gasteiger partial charge in [-0.15, -0.1) is 0 Å². The summed E-state index contributed by atoms with van der Waals surface area (Å²) in [5, 5.41) is 3.46. The van der Waals surface area contributed by atoms with E-state index >= 15 is 0 Å². The molecular weight excluding hydrogens is 755 g/mol. The van der Waals surface area contributed by atoms with E-state index in [1.165, 1.54) is 76.3 Å². The average molecular weight is 798 g/mol. The van der Waals surface area contributed by atoms with Crippen LogP contribution in [0.3, 0.4) is 0 Å². The predicted molar refractivity (Wildman–Crippen MR) is 257 cm³/mol. The van der Waals surface area contributed by atoms with Crippen LogP contribution in [0.5, 0.6) is 0 Å². The van der Waals surface area contributed by atoms with Gasteiger partial charge >= 0.3 is 0 Å². The van der Waals surface area contributed by atoms with Crippen molar-refractivity contribution in [2.45, 2.75) is 38.0 Å². The molecule has 0 bridgehead atoms. The van der Waals surface area contributed by atoms with Crippen molar-refractivity contribution >= 4 is 43.8 Å². The van der Waals surface area contributed by atoms with E-state index in [1.54, 1.807) is 0 Å². The molecule has 8 aromatic carbocycles. The van der Waals surface area contributed by atoms with Crippen molar-refractivity contribution in [1.29, 1.82) is 0 Å². The molecule has 0 radical (unpaired) electrons. The minimum atomic E-state index is 0.527. The van der Waals surface area contributed by atoms with Crippen LogP contribution in [0.25, 0.3) is 105 Å². The number of oxazole rings is 1. The second kappa shape index (κ2) is 15.2. The van der Waals surface area contributed by atoms with Gasteiger partial charge in [-0.3, -0.25) is 4.98 Å². The van der Waals surface area contributed by atoms with E-state index in [1.807, 2.05) is 18.3 Å². The molecule has 296 valence electrons. The smallest absolute Gasteiger partial charge is 0.227 e. The van der Waals surface area contributed by atoms with Gasteiger partial charge < -0.3 is 8.98 Å². The first-order valence-corrected chi connectivity index (χ1v) is 21.9. The van der Waals surface area contributed by atoms with Gasteiger partial charge in [0, 0.05) is 33.5 Å². The van der Waals surface area contributed by atoms with Crippen molar-refractivity contribution in [1.82, 2.24) is 14.5 Å². The Morgan fingerprint density at radius 1 is 0.468 bits per heavy atom. The van der Waals surface area contributed by atoms with E-state index in [4.69, 9.17) is 14.4 Å². The van der Waals surface area contributed by atoms with Crippen LogP contribution in [-0.4, -0.2) is 14.5 Å². The zero-order valence-electron chi connectivity index (χ0n) is 34.3. The fraction of sp³-hybridized carbons (Fsp3) is 0.103. The third-order valence-electron chi connectivity index (χ3n) is 13.1. The van der Waals surface area contributed by atoms with E-state index in [0.717, 1.165) is 61.0 Å². The van der Waals surface area contributed by atoms with Gasteiger partial charge in [0.1, 0.15) is 5.52 Å². The van der Waals surface area contributed by atoms with Crippen LogP contribution in [0.4, 0.5) is 0 Å². The van der Waals surface area contributed by atoms with E-state index in [-0.39, 0.29) is 0 Å². The highest BCUT2D eigenvalue weighted by Gasteiger charge is 2.26. The van der Waals surface area contributed by atoms with Gasteiger partial charge in [-0.1, -0.05) is 165 Å². The van der Waals surface area contributed by atoms with E-state index in [0.29, 0.717) is 11.8 Å². The highest BCUT2D eigenvalue weighted by molar-refractivity contribution is 6.11. The maximum atomic E-state index is 6.78. The predicted octanol–water partition coefficient (Wildman–Crippen LogP) is 15.9. The lowest BCUT2D eigenvalue weighted by atomic mass is 9.80. The summed E-state index contributed by atoms with van der Waals surface area (Å²) in [6.45, 7) is 0. The number of nitrogens with zero attached hydrogens (tertiary/aromatic N) is 3. The summed E-state index contributed by atoms with van der Waals surface area (Å²) in [7, 11) is 0. The maximum Gasteiger partial charge on any atom is 0.227 e. The third-order valence-corrected chi connectivity index (χ3v) is 13.1. The van der Waals surface area contributed by atoms with Gasteiger partial charge in [0.15, 0.2) is 5.58 Å². The first kappa shape index (κ1) is 36.3. The standard InChI is InChI=1S/C58H43N3O/c1-4-15-38(16-5-1)40-26-28-42(29-27-40)55-50(49-35-44(39-17-6-2-7-18-39)30-32-46(49)41-19-8-3-9-20-41)36-45(58-60-57-54(62-58)33-31-43-21-14-34-59-56(43)57)37-53(55)61-51-24-12-10-22-47(51)48-23-11-13-25-52(48)61/h1,3-5,8-16,19-37,39H,2,6-7,17-18H2. The van der Waals surface area contributed by atoms with Crippen LogP contribution < -0.4 is 0 Å². The molecule has 4 heteroatoms. The molecule has 3 heterocycles. The Labute approximate surface area is 360 Å². The lowest BCUT2D eigenvalue weighted by Gasteiger charge is -2.25. The van der Waals surface area contributed by atoms with Crippen LogP contribution in [0.1, 0.15) is 43.6 Å². The minimum absolute atomic E-state index is 0.527. The highest BCUT2D eigenvalue weighted by atomic mass is 16.3. The molecule has 11 aromatic rings. The average Bonchev–Trinajstić information content (AvgIpc) is 3.95. The number of rotatable bonds is 7. The number of hydrogen-bond acceptors (Lipinski definition) is 3. The van der Waals surface area contributed by atoms with E-state index < -0.39 is 0 Å². The van der Waals surface area contributed by atoms with Crippen molar-refractivity contribution in [3.8, 4) is 61.6 Å². The molecule has 0 amide bonds. The summed E-state index contributed by atoms with van der Waals surface area (Å²) in [4.78, 5) is 10.0. The summed E-state index contributed by atoms with van der Waals surface area (Å²) in [6, 6.07) is 68.3. The van der Waals surface area contributed by atoms with Crippen molar-refractivity contribution in [2.75, 3.05) is 0 Å². The Balaban J connectivity index is 1.22. The van der Waals surface area contributed by atoms with Crippen LogP contribution in [0, 0.1) is 0 Å². The van der Waals surface area contributed by atoms with E-state index in [9.17, 15) is 0 Å². The van der Waals surface area contributed by atoms with Crippen LogP contribution in [0.15, 0.2) is 199 Å². The summed E-state index contributed by atoms with van der Waals surface area (Å²) in [5.74, 6) is 1.09. The quantitative estimate of drug-likeness (QED) is 0.161. The molecular formula is C58H43N3O. The fourth-order valence-corrected chi connectivity index (χ4v) is 10.1. The first-order chi connectivity index (χ1) is 30.7. The Kier molecular flexibility index (Phi) is 8.88.